The van der Waals surface area contributed by atoms with Crippen molar-refractivity contribution in [1.82, 2.24) is 5.32 Å². The standard InChI is InChI=1S/C32H26Cl3N3O3S/c1-2-29(32(41)37-27-16-15-22(33)18-26(27)35)42-24-13-8-12-23(19-24)36-31(40)28(17-21-11-6-7-14-25(21)34)38-30(39)20-9-4-3-5-10-20/h3-19,29H,2H2,1H3,(H,36,40)(H,37,41)(H,38,39)/b28-17+. The molecule has 1 unspecified atom stereocenters. The van der Waals surface area contributed by atoms with E-state index in [-0.39, 0.29) is 11.6 Å². The molecule has 1 atom stereocenters. The van der Waals surface area contributed by atoms with Gasteiger partial charge in [0.25, 0.3) is 11.8 Å². The molecule has 0 heterocycles. The zero-order valence-electron chi connectivity index (χ0n) is 22.4. The lowest BCUT2D eigenvalue weighted by Gasteiger charge is -2.16. The maximum Gasteiger partial charge on any atom is 0.272 e. The van der Waals surface area contributed by atoms with Gasteiger partial charge < -0.3 is 16.0 Å². The smallest absolute Gasteiger partial charge is 0.272 e. The number of nitrogens with one attached hydrogen (secondary N) is 3. The van der Waals surface area contributed by atoms with Gasteiger partial charge in [-0.25, -0.2) is 0 Å². The second-order valence-corrected chi connectivity index (χ2v) is 11.5. The summed E-state index contributed by atoms with van der Waals surface area (Å²) in [7, 11) is 0. The number of rotatable bonds is 10. The minimum atomic E-state index is -0.538. The van der Waals surface area contributed by atoms with Crippen molar-refractivity contribution in [1.29, 1.82) is 0 Å². The summed E-state index contributed by atoms with van der Waals surface area (Å²) in [5, 5.41) is 9.22. The molecule has 214 valence electrons. The summed E-state index contributed by atoms with van der Waals surface area (Å²) < 4.78 is 0. The van der Waals surface area contributed by atoms with E-state index >= 15 is 0 Å². The Bertz CT molecular complexity index is 1630. The molecule has 0 aliphatic rings. The van der Waals surface area contributed by atoms with Crippen LogP contribution in [0.2, 0.25) is 15.1 Å². The molecule has 0 aliphatic carbocycles. The molecule has 0 radical (unpaired) electrons. The number of thioether (sulfide) groups is 1. The van der Waals surface area contributed by atoms with Crippen molar-refractivity contribution in [2.24, 2.45) is 0 Å². The Labute approximate surface area is 263 Å². The Hall–Kier alpha value is -3.75. The summed E-state index contributed by atoms with van der Waals surface area (Å²) in [6.07, 6.45) is 2.07. The van der Waals surface area contributed by atoms with E-state index in [4.69, 9.17) is 34.8 Å². The normalized spacial score (nSPS) is 11.9. The van der Waals surface area contributed by atoms with E-state index in [1.165, 1.54) is 17.8 Å². The van der Waals surface area contributed by atoms with Crippen LogP contribution in [0.5, 0.6) is 0 Å². The quantitative estimate of drug-likeness (QED) is 0.120. The topological polar surface area (TPSA) is 87.3 Å². The molecule has 4 aromatic carbocycles. The van der Waals surface area contributed by atoms with Crippen LogP contribution in [0.15, 0.2) is 108 Å². The Balaban J connectivity index is 1.51. The van der Waals surface area contributed by atoms with Crippen LogP contribution in [-0.2, 0) is 9.59 Å². The van der Waals surface area contributed by atoms with Crippen molar-refractivity contribution >= 4 is 81.7 Å². The van der Waals surface area contributed by atoms with Gasteiger partial charge in [0.15, 0.2) is 0 Å². The van der Waals surface area contributed by atoms with Crippen molar-refractivity contribution in [3.63, 3.8) is 0 Å². The molecule has 0 bridgehead atoms. The van der Waals surface area contributed by atoms with Crippen LogP contribution < -0.4 is 16.0 Å². The van der Waals surface area contributed by atoms with Crippen LogP contribution >= 0.6 is 46.6 Å². The van der Waals surface area contributed by atoms with Gasteiger partial charge in [-0.15, -0.1) is 11.8 Å². The fraction of sp³-hybridized carbons (Fsp3) is 0.0938. The number of hydrogen-bond donors (Lipinski definition) is 3. The first kappa shape index (κ1) is 31.2. The third kappa shape index (κ3) is 8.63. The molecule has 0 saturated heterocycles. The summed E-state index contributed by atoms with van der Waals surface area (Å²) in [6, 6.07) is 27.6. The lowest BCUT2D eigenvalue weighted by Crippen LogP contribution is -2.30. The molecule has 0 fully saturated rings. The van der Waals surface area contributed by atoms with Gasteiger partial charge in [0.1, 0.15) is 5.70 Å². The number of carbonyl (C=O) groups excluding carboxylic acids is 3. The molecule has 0 spiro atoms. The highest BCUT2D eigenvalue weighted by Gasteiger charge is 2.20. The minimum absolute atomic E-state index is 0.0145. The highest BCUT2D eigenvalue weighted by Crippen LogP contribution is 2.31. The second-order valence-electron chi connectivity index (χ2n) is 9.01. The van der Waals surface area contributed by atoms with Gasteiger partial charge in [0, 0.05) is 26.2 Å². The Morgan fingerprint density at radius 3 is 2.26 bits per heavy atom. The van der Waals surface area contributed by atoms with Gasteiger partial charge >= 0.3 is 0 Å². The number of amides is 3. The lowest BCUT2D eigenvalue weighted by molar-refractivity contribution is -0.116. The molecule has 0 aliphatic heterocycles. The summed E-state index contributed by atoms with van der Waals surface area (Å²) in [5.41, 5.74) is 1.94. The molecule has 10 heteroatoms. The van der Waals surface area contributed by atoms with E-state index in [0.717, 1.165) is 4.90 Å². The van der Waals surface area contributed by atoms with E-state index < -0.39 is 17.1 Å². The van der Waals surface area contributed by atoms with E-state index in [9.17, 15) is 14.4 Å². The van der Waals surface area contributed by atoms with Crippen molar-refractivity contribution < 1.29 is 14.4 Å². The first-order chi connectivity index (χ1) is 20.2. The Morgan fingerprint density at radius 2 is 1.55 bits per heavy atom. The fourth-order valence-electron chi connectivity index (χ4n) is 3.83. The molecule has 4 aromatic rings. The van der Waals surface area contributed by atoms with E-state index in [0.29, 0.717) is 44.0 Å². The molecule has 42 heavy (non-hydrogen) atoms. The molecule has 0 aromatic heterocycles. The molecule has 6 nitrogen and oxygen atoms in total. The zero-order valence-corrected chi connectivity index (χ0v) is 25.5. The average Bonchev–Trinajstić information content (AvgIpc) is 2.98. The van der Waals surface area contributed by atoms with Gasteiger partial charge in [-0.2, -0.15) is 0 Å². The number of hydrogen-bond acceptors (Lipinski definition) is 4. The number of benzene rings is 4. The minimum Gasteiger partial charge on any atom is -0.324 e. The summed E-state index contributed by atoms with van der Waals surface area (Å²) >= 11 is 19.9. The van der Waals surface area contributed by atoms with Crippen LogP contribution in [-0.4, -0.2) is 23.0 Å². The van der Waals surface area contributed by atoms with Crippen molar-refractivity contribution in [3.05, 3.63) is 129 Å². The number of anilines is 2. The lowest BCUT2D eigenvalue weighted by atomic mass is 10.1. The van der Waals surface area contributed by atoms with E-state index in [1.54, 1.807) is 91.0 Å². The summed E-state index contributed by atoms with van der Waals surface area (Å²) in [5.74, 6) is -1.19. The molecular weight excluding hydrogens is 613 g/mol. The molecule has 3 amide bonds. The van der Waals surface area contributed by atoms with Crippen molar-refractivity contribution in [3.8, 4) is 0 Å². The fourth-order valence-corrected chi connectivity index (χ4v) is 5.49. The first-order valence-electron chi connectivity index (χ1n) is 12.9. The Morgan fingerprint density at radius 1 is 0.810 bits per heavy atom. The van der Waals surface area contributed by atoms with Crippen LogP contribution in [0, 0.1) is 0 Å². The SMILES string of the molecule is CCC(Sc1cccc(NC(=O)/C(=C\c2ccccc2Cl)NC(=O)c2ccccc2)c1)C(=O)Nc1ccc(Cl)cc1Cl. The first-order valence-corrected chi connectivity index (χ1v) is 14.9. The molecule has 0 saturated carbocycles. The summed E-state index contributed by atoms with van der Waals surface area (Å²) in [4.78, 5) is 40.1. The van der Waals surface area contributed by atoms with Gasteiger partial charge in [-0.05, 0) is 72.7 Å². The van der Waals surface area contributed by atoms with Crippen molar-refractivity contribution in [2.75, 3.05) is 10.6 Å². The van der Waals surface area contributed by atoms with Crippen LogP contribution in [0.4, 0.5) is 11.4 Å². The van der Waals surface area contributed by atoms with E-state index in [1.807, 2.05) is 13.0 Å². The third-order valence-electron chi connectivity index (χ3n) is 5.96. The highest BCUT2D eigenvalue weighted by atomic mass is 35.5. The van der Waals surface area contributed by atoms with Crippen LogP contribution in [0.1, 0.15) is 29.3 Å². The average molecular weight is 639 g/mol. The largest absolute Gasteiger partial charge is 0.324 e. The van der Waals surface area contributed by atoms with Gasteiger partial charge in [0.2, 0.25) is 5.91 Å². The zero-order chi connectivity index (χ0) is 30.1. The maximum absolute atomic E-state index is 13.4. The highest BCUT2D eigenvalue weighted by molar-refractivity contribution is 8.00. The van der Waals surface area contributed by atoms with Crippen LogP contribution in [0.3, 0.4) is 0 Å². The van der Waals surface area contributed by atoms with Crippen LogP contribution in [0.25, 0.3) is 6.08 Å². The molecular formula is C32H26Cl3N3O3S. The third-order valence-corrected chi connectivity index (χ3v) is 8.21. The van der Waals surface area contributed by atoms with Crippen molar-refractivity contribution in [2.45, 2.75) is 23.5 Å². The van der Waals surface area contributed by atoms with E-state index in [2.05, 4.69) is 16.0 Å². The monoisotopic (exact) mass is 637 g/mol. The Kier molecular flexibility index (Phi) is 11.1. The number of halogens is 3. The van der Waals surface area contributed by atoms with Gasteiger partial charge in [0.05, 0.1) is 16.0 Å². The van der Waals surface area contributed by atoms with Gasteiger partial charge in [-0.1, -0.05) is 84.2 Å². The second kappa shape index (κ2) is 14.9. The predicted octanol–water partition coefficient (Wildman–Crippen LogP) is 8.57. The predicted molar refractivity (Wildman–Crippen MR) is 173 cm³/mol. The van der Waals surface area contributed by atoms with Gasteiger partial charge in [-0.3, -0.25) is 14.4 Å². The molecule has 4 rings (SSSR count). The number of carbonyl (C=O) groups is 3. The molecule has 3 N–H and O–H groups in total. The summed E-state index contributed by atoms with van der Waals surface area (Å²) in [6.45, 7) is 1.91. The maximum atomic E-state index is 13.4.